The Kier molecular flexibility index (Phi) is 5.22. The highest BCUT2D eigenvalue weighted by atomic mass is 16.3. The predicted octanol–water partition coefficient (Wildman–Crippen LogP) is 11.9. The summed E-state index contributed by atoms with van der Waals surface area (Å²) in [5, 5.41) is 8.51. The molecule has 0 saturated heterocycles. The van der Waals surface area contributed by atoms with Crippen molar-refractivity contribution in [2.45, 2.75) is 26.3 Å². The van der Waals surface area contributed by atoms with Crippen molar-refractivity contribution in [1.29, 1.82) is 0 Å². The first-order chi connectivity index (χ1) is 22.7. The number of hydrogen-bond donors (Lipinski definition) is 0. The third-order valence-electron chi connectivity index (χ3n) is 9.94. The number of allylic oxidation sites excluding steroid dienone is 5. The molecule has 0 aliphatic heterocycles. The summed E-state index contributed by atoms with van der Waals surface area (Å²) in [5.74, 6) is 0.928. The minimum Gasteiger partial charge on any atom is -0.456 e. The van der Waals surface area contributed by atoms with Crippen molar-refractivity contribution in [3.05, 3.63) is 133 Å². The third-order valence-corrected chi connectivity index (χ3v) is 9.94. The van der Waals surface area contributed by atoms with Crippen molar-refractivity contribution in [3.63, 3.8) is 0 Å². The van der Waals surface area contributed by atoms with E-state index in [1.165, 1.54) is 54.7 Å². The van der Waals surface area contributed by atoms with Crippen LogP contribution in [0.2, 0.25) is 0 Å². The van der Waals surface area contributed by atoms with E-state index >= 15 is 0 Å². The monoisotopic (exact) mass is 594 g/mol. The maximum absolute atomic E-state index is 6.34. The van der Waals surface area contributed by atoms with Crippen LogP contribution in [0.3, 0.4) is 0 Å². The van der Waals surface area contributed by atoms with Crippen LogP contribution in [0, 0.1) is 6.92 Å². The molecule has 0 amide bonds. The summed E-state index contributed by atoms with van der Waals surface area (Å²) in [6.07, 6.45) is 12.0. The molecule has 0 N–H and O–H groups in total. The Hall–Kier alpha value is -5.74. The van der Waals surface area contributed by atoms with Crippen molar-refractivity contribution < 1.29 is 8.83 Å². The summed E-state index contributed by atoms with van der Waals surface area (Å²) in [4.78, 5) is 0. The Balaban J connectivity index is 1.13. The van der Waals surface area contributed by atoms with Gasteiger partial charge in [0, 0.05) is 66.6 Å². The van der Waals surface area contributed by atoms with Gasteiger partial charge in [0.1, 0.15) is 22.5 Å². The lowest BCUT2D eigenvalue weighted by molar-refractivity contribution is 0.600. The van der Waals surface area contributed by atoms with Crippen LogP contribution in [0.4, 0.5) is 0 Å². The fourth-order valence-corrected chi connectivity index (χ4v) is 7.82. The standard InChI is InChI=1S/C42H30N2O2/c1-3-10-39-25(2)31-21-32-28-11-4-7-14-35(28)43(37(32)23-41(31)45-39)26-17-19-27(20-18-26)44-36-15-8-5-12-29(36)33-22-34-30-13-6-9-16-40(30)46-42(34)24-38(33)44/h3-17,19-24,26H,18H2,1-2H3/b10-3-. The van der Waals surface area contributed by atoms with Crippen molar-refractivity contribution >= 4 is 88.3 Å². The lowest BCUT2D eigenvalue weighted by atomic mass is 10.1. The van der Waals surface area contributed by atoms with E-state index in [0.717, 1.165) is 45.2 Å². The Morgan fingerprint density at radius 3 is 2.11 bits per heavy atom. The largest absolute Gasteiger partial charge is 0.456 e. The fraction of sp³-hybridized carbons (Fsp3) is 0.0952. The first-order valence-corrected chi connectivity index (χ1v) is 16.0. The number of furan rings is 2. The van der Waals surface area contributed by atoms with E-state index in [1.807, 2.05) is 25.1 Å². The van der Waals surface area contributed by atoms with Gasteiger partial charge in [-0.3, -0.25) is 0 Å². The van der Waals surface area contributed by atoms with Gasteiger partial charge in [0.2, 0.25) is 0 Å². The van der Waals surface area contributed by atoms with Crippen LogP contribution in [-0.2, 0) is 0 Å². The summed E-state index contributed by atoms with van der Waals surface area (Å²) < 4.78 is 17.6. The molecule has 1 aliphatic rings. The second-order valence-corrected chi connectivity index (χ2v) is 12.5. The van der Waals surface area contributed by atoms with Crippen LogP contribution in [0.25, 0.3) is 88.3 Å². The lowest BCUT2D eigenvalue weighted by Gasteiger charge is -2.21. The van der Waals surface area contributed by atoms with Crippen LogP contribution >= 0.6 is 0 Å². The molecular weight excluding hydrogens is 564 g/mol. The lowest BCUT2D eigenvalue weighted by Crippen LogP contribution is -2.09. The van der Waals surface area contributed by atoms with Gasteiger partial charge in [-0.25, -0.2) is 0 Å². The van der Waals surface area contributed by atoms with E-state index in [-0.39, 0.29) is 6.04 Å². The molecule has 1 aliphatic carbocycles. The molecule has 1 unspecified atom stereocenters. The zero-order chi connectivity index (χ0) is 30.5. The van der Waals surface area contributed by atoms with Crippen molar-refractivity contribution in [2.75, 3.05) is 0 Å². The van der Waals surface area contributed by atoms with Crippen molar-refractivity contribution in [1.82, 2.24) is 9.13 Å². The van der Waals surface area contributed by atoms with Crippen LogP contribution in [0.1, 0.15) is 30.7 Å². The van der Waals surface area contributed by atoms with Gasteiger partial charge in [-0.15, -0.1) is 0 Å². The topological polar surface area (TPSA) is 36.1 Å². The van der Waals surface area contributed by atoms with E-state index in [1.54, 1.807) is 0 Å². The minimum absolute atomic E-state index is 0.171. The summed E-state index contributed by atoms with van der Waals surface area (Å²) >= 11 is 0. The quantitative estimate of drug-likeness (QED) is 0.204. The van der Waals surface area contributed by atoms with Crippen LogP contribution in [-0.4, -0.2) is 9.13 Å². The number of benzene rings is 5. The van der Waals surface area contributed by atoms with Gasteiger partial charge >= 0.3 is 0 Å². The maximum atomic E-state index is 6.34. The van der Waals surface area contributed by atoms with Gasteiger partial charge in [-0.1, -0.05) is 72.8 Å². The smallest absolute Gasteiger partial charge is 0.137 e. The summed E-state index contributed by atoms with van der Waals surface area (Å²) in [6, 6.07) is 35.0. The van der Waals surface area contributed by atoms with Gasteiger partial charge in [0.15, 0.2) is 0 Å². The highest BCUT2D eigenvalue weighted by molar-refractivity contribution is 6.18. The molecule has 0 spiro atoms. The first kappa shape index (κ1) is 25.6. The van der Waals surface area contributed by atoms with Gasteiger partial charge < -0.3 is 18.0 Å². The van der Waals surface area contributed by atoms with E-state index < -0.39 is 0 Å². The van der Waals surface area contributed by atoms with Gasteiger partial charge in [-0.05, 0) is 62.8 Å². The van der Waals surface area contributed by atoms with Crippen LogP contribution in [0.5, 0.6) is 0 Å². The first-order valence-electron chi connectivity index (χ1n) is 16.0. The molecule has 4 heterocycles. The fourth-order valence-electron chi connectivity index (χ4n) is 7.82. The predicted molar refractivity (Wildman–Crippen MR) is 192 cm³/mol. The molecule has 10 rings (SSSR count). The highest BCUT2D eigenvalue weighted by Gasteiger charge is 2.22. The molecule has 4 aromatic heterocycles. The number of para-hydroxylation sites is 3. The zero-order valence-corrected chi connectivity index (χ0v) is 25.6. The number of rotatable bonds is 3. The number of hydrogen-bond acceptors (Lipinski definition) is 2. The van der Waals surface area contributed by atoms with Crippen LogP contribution in [0.15, 0.2) is 130 Å². The highest BCUT2D eigenvalue weighted by Crippen LogP contribution is 2.42. The Labute approximate surface area is 264 Å². The molecule has 46 heavy (non-hydrogen) atoms. The van der Waals surface area contributed by atoms with Gasteiger partial charge in [-0.2, -0.15) is 0 Å². The summed E-state index contributed by atoms with van der Waals surface area (Å²) in [7, 11) is 0. The molecule has 4 heteroatoms. The minimum atomic E-state index is 0.171. The van der Waals surface area contributed by atoms with Gasteiger partial charge in [0.25, 0.3) is 0 Å². The third kappa shape index (κ3) is 3.44. The normalized spacial score (nSPS) is 15.7. The number of nitrogens with zero attached hydrogens (tertiary/aromatic N) is 2. The summed E-state index contributed by atoms with van der Waals surface area (Å²) in [6.45, 7) is 4.18. The van der Waals surface area contributed by atoms with E-state index in [9.17, 15) is 0 Å². The Morgan fingerprint density at radius 1 is 0.630 bits per heavy atom. The average molecular weight is 595 g/mol. The van der Waals surface area contributed by atoms with E-state index in [2.05, 4.69) is 125 Å². The maximum Gasteiger partial charge on any atom is 0.137 e. The molecule has 0 bridgehead atoms. The SMILES string of the molecule is C/C=C\c1oc2cc3c(cc2c1C)c1ccccc1n3C1C=CC(n2c3ccccc3c3cc4c(cc32)oc2ccccc24)=CC1. The molecule has 0 saturated carbocycles. The molecule has 5 aromatic carbocycles. The second-order valence-electron chi connectivity index (χ2n) is 12.5. The number of aryl methyl sites for hydroxylation is 1. The number of aromatic nitrogens is 2. The molecule has 0 radical (unpaired) electrons. The number of fused-ring (bicyclic) bond motifs is 10. The molecule has 4 nitrogen and oxygen atoms in total. The zero-order valence-electron chi connectivity index (χ0n) is 25.6. The van der Waals surface area contributed by atoms with Gasteiger partial charge in [0.05, 0.1) is 22.6 Å². The Morgan fingerprint density at radius 2 is 1.30 bits per heavy atom. The van der Waals surface area contributed by atoms with E-state index in [4.69, 9.17) is 8.83 Å². The molecular formula is C42H30N2O2. The van der Waals surface area contributed by atoms with E-state index in [0.29, 0.717) is 0 Å². The van der Waals surface area contributed by atoms with Crippen molar-refractivity contribution in [3.8, 4) is 0 Å². The molecule has 1 atom stereocenters. The summed E-state index contributed by atoms with van der Waals surface area (Å²) in [5.41, 5.74) is 9.93. The Bertz CT molecular complexity index is 2810. The van der Waals surface area contributed by atoms with Crippen LogP contribution < -0.4 is 0 Å². The molecule has 0 fully saturated rings. The molecule has 9 aromatic rings. The molecule has 220 valence electrons. The average Bonchev–Trinajstić information content (AvgIpc) is 3.81. The van der Waals surface area contributed by atoms with Crippen molar-refractivity contribution in [2.24, 2.45) is 0 Å². The second kappa shape index (κ2) is 9.38.